The van der Waals surface area contributed by atoms with Crippen molar-refractivity contribution in [2.24, 2.45) is 0 Å². The minimum absolute atomic E-state index is 0.159. The Morgan fingerprint density at radius 2 is 1.54 bits per heavy atom. The van der Waals surface area contributed by atoms with E-state index in [1.165, 1.54) is 29.5 Å². The maximum absolute atomic E-state index is 12.4. The fraction of sp³-hybridized carbons (Fsp3) is 0.417. The first-order chi connectivity index (χ1) is 13.5. The van der Waals surface area contributed by atoms with E-state index in [-0.39, 0.29) is 6.04 Å². The molecule has 3 rings (SSSR count). The molecule has 0 saturated carbocycles. The van der Waals surface area contributed by atoms with Gasteiger partial charge in [-0.3, -0.25) is 9.59 Å². The summed E-state index contributed by atoms with van der Waals surface area (Å²) in [5, 5.41) is 5.58. The van der Waals surface area contributed by atoms with Crippen LogP contribution < -0.4 is 10.6 Å². The molecule has 0 spiro atoms. The van der Waals surface area contributed by atoms with Gasteiger partial charge in [0.25, 0.3) is 0 Å². The highest BCUT2D eigenvalue weighted by molar-refractivity contribution is 6.39. The molecular weight excluding hydrogens is 348 g/mol. The molecule has 148 valence electrons. The van der Waals surface area contributed by atoms with Gasteiger partial charge in [0.15, 0.2) is 0 Å². The second-order valence-corrected chi connectivity index (χ2v) is 7.90. The van der Waals surface area contributed by atoms with Crippen LogP contribution in [0.2, 0.25) is 0 Å². The van der Waals surface area contributed by atoms with Crippen LogP contribution >= 0.6 is 0 Å². The molecular formula is C24H30N2O2. The molecule has 0 radical (unpaired) electrons. The summed E-state index contributed by atoms with van der Waals surface area (Å²) < 4.78 is 0. The summed E-state index contributed by atoms with van der Waals surface area (Å²) in [7, 11) is 0. The predicted molar refractivity (Wildman–Crippen MR) is 113 cm³/mol. The number of rotatable bonds is 5. The van der Waals surface area contributed by atoms with E-state index in [0.29, 0.717) is 11.6 Å². The second kappa shape index (κ2) is 9.05. The summed E-state index contributed by atoms with van der Waals surface area (Å²) in [6.07, 6.45) is 5.44. The van der Waals surface area contributed by atoms with Gasteiger partial charge in [-0.25, -0.2) is 0 Å². The summed E-state index contributed by atoms with van der Waals surface area (Å²) in [6.45, 7) is 6.26. The zero-order chi connectivity index (χ0) is 20.1. The molecule has 0 aliphatic heterocycles. The molecule has 2 amide bonds. The number of anilines is 1. The van der Waals surface area contributed by atoms with Gasteiger partial charge < -0.3 is 10.6 Å². The molecule has 0 fully saturated rings. The fourth-order valence-corrected chi connectivity index (χ4v) is 3.75. The predicted octanol–water partition coefficient (Wildman–Crippen LogP) is 4.89. The molecule has 2 N–H and O–H groups in total. The van der Waals surface area contributed by atoms with Gasteiger partial charge in [-0.1, -0.05) is 51.1 Å². The Kier molecular flexibility index (Phi) is 6.50. The van der Waals surface area contributed by atoms with Crippen molar-refractivity contribution in [3.05, 3.63) is 64.7 Å². The van der Waals surface area contributed by atoms with Crippen LogP contribution in [0.1, 0.15) is 74.2 Å². The van der Waals surface area contributed by atoms with Gasteiger partial charge >= 0.3 is 11.8 Å². The quantitative estimate of drug-likeness (QED) is 0.728. The normalized spacial score (nSPS) is 14.3. The van der Waals surface area contributed by atoms with Crippen LogP contribution in [0.4, 0.5) is 5.69 Å². The van der Waals surface area contributed by atoms with Crippen LogP contribution in [-0.4, -0.2) is 11.8 Å². The highest BCUT2D eigenvalue weighted by Crippen LogP contribution is 2.26. The molecule has 2 aromatic rings. The number of nitrogens with one attached hydrogen (secondary N) is 2. The average molecular weight is 379 g/mol. The topological polar surface area (TPSA) is 58.2 Å². The van der Waals surface area contributed by atoms with Crippen LogP contribution in [0.25, 0.3) is 0 Å². The van der Waals surface area contributed by atoms with Crippen molar-refractivity contribution in [1.82, 2.24) is 5.32 Å². The number of fused-ring (bicyclic) bond motifs is 1. The summed E-state index contributed by atoms with van der Waals surface area (Å²) in [6, 6.07) is 13.9. The van der Waals surface area contributed by atoms with Crippen molar-refractivity contribution >= 4 is 17.5 Å². The lowest BCUT2D eigenvalue weighted by Crippen LogP contribution is -2.37. The van der Waals surface area contributed by atoms with Crippen molar-refractivity contribution in [3.63, 3.8) is 0 Å². The molecule has 1 atom stereocenters. The number of hydrogen-bond acceptors (Lipinski definition) is 2. The van der Waals surface area contributed by atoms with Gasteiger partial charge in [0.05, 0.1) is 6.04 Å². The zero-order valence-electron chi connectivity index (χ0n) is 17.0. The lowest BCUT2D eigenvalue weighted by Gasteiger charge is -2.21. The second-order valence-electron chi connectivity index (χ2n) is 7.90. The van der Waals surface area contributed by atoms with Crippen molar-refractivity contribution in [3.8, 4) is 0 Å². The Balaban J connectivity index is 1.63. The monoisotopic (exact) mass is 378 g/mol. The molecule has 1 unspecified atom stereocenters. The molecule has 28 heavy (non-hydrogen) atoms. The summed E-state index contributed by atoms with van der Waals surface area (Å²) >= 11 is 0. The molecule has 0 bridgehead atoms. The zero-order valence-corrected chi connectivity index (χ0v) is 17.0. The Morgan fingerprint density at radius 1 is 0.893 bits per heavy atom. The van der Waals surface area contributed by atoms with Crippen molar-refractivity contribution in [2.45, 2.75) is 64.8 Å². The maximum atomic E-state index is 12.4. The van der Waals surface area contributed by atoms with Crippen molar-refractivity contribution in [1.29, 1.82) is 0 Å². The minimum atomic E-state index is -0.631. The van der Waals surface area contributed by atoms with Gasteiger partial charge in [-0.2, -0.15) is 0 Å². The van der Waals surface area contributed by atoms with Crippen LogP contribution in [-0.2, 0) is 22.4 Å². The molecule has 0 heterocycles. The number of aryl methyl sites for hydroxylation is 2. The number of carbonyl (C=O) groups is 2. The Morgan fingerprint density at radius 3 is 2.18 bits per heavy atom. The summed E-state index contributed by atoms with van der Waals surface area (Å²) in [5.74, 6) is -0.804. The summed E-state index contributed by atoms with van der Waals surface area (Å²) in [4.78, 5) is 24.8. The van der Waals surface area contributed by atoms with E-state index in [2.05, 4.69) is 42.7 Å². The summed E-state index contributed by atoms with van der Waals surface area (Å²) in [5.41, 5.74) is 5.70. The molecule has 0 saturated heterocycles. The Bertz CT molecular complexity index is 840. The largest absolute Gasteiger partial charge is 0.341 e. The number of amides is 2. The van der Waals surface area contributed by atoms with Gasteiger partial charge in [0, 0.05) is 5.69 Å². The number of benzene rings is 2. The third-order valence-corrected chi connectivity index (χ3v) is 5.53. The van der Waals surface area contributed by atoms with Gasteiger partial charge in [0.1, 0.15) is 0 Å². The number of hydrogen-bond donors (Lipinski definition) is 2. The van der Waals surface area contributed by atoms with E-state index < -0.39 is 11.8 Å². The highest BCUT2D eigenvalue weighted by atomic mass is 16.2. The Labute approximate surface area is 167 Å². The van der Waals surface area contributed by atoms with E-state index >= 15 is 0 Å². The first-order valence-corrected chi connectivity index (χ1v) is 10.3. The van der Waals surface area contributed by atoms with Gasteiger partial charge in [-0.05, 0) is 72.4 Å². The van der Waals surface area contributed by atoms with Crippen LogP contribution in [0.5, 0.6) is 0 Å². The third-order valence-electron chi connectivity index (χ3n) is 5.53. The van der Waals surface area contributed by atoms with Crippen LogP contribution in [0.15, 0.2) is 42.5 Å². The fourth-order valence-electron chi connectivity index (χ4n) is 3.75. The lowest BCUT2D eigenvalue weighted by molar-refractivity contribution is -0.136. The maximum Gasteiger partial charge on any atom is 0.313 e. The lowest BCUT2D eigenvalue weighted by atomic mass is 9.89. The molecule has 1 aliphatic carbocycles. The van der Waals surface area contributed by atoms with Crippen molar-refractivity contribution in [2.75, 3.05) is 5.32 Å². The first kappa shape index (κ1) is 20.1. The van der Waals surface area contributed by atoms with Gasteiger partial charge in [0.2, 0.25) is 0 Å². The standard InChI is InChI=1S/C24H30N2O2/c1-4-22(20-10-9-18-7-5-6-8-19(18)15-20)26-24(28)23(27)25-21-13-11-17(12-14-21)16(2)3/h9-16,22H,4-8H2,1-3H3,(H,25,27)(H,26,28). The third kappa shape index (κ3) is 4.80. The van der Waals surface area contributed by atoms with Crippen LogP contribution in [0.3, 0.4) is 0 Å². The molecule has 1 aliphatic rings. The Hall–Kier alpha value is -2.62. The molecule has 0 aromatic heterocycles. The first-order valence-electron chi connectivity index (χ1n) is 10.3. The molecule has 2 aromatic carbocycles. The molecule has 4 nitrogen and oxygen atoms in total. The van der Waals surface area contributed by atoms with E-state index in [9.17, 15) is 9.59 Å². The van der Waals surface area contributed by atoms with Crippen LogP contribution in [0, 0.1) is 0 Å². The average Bonchev–Trinajstić information content (AvgIpc) is 2.71. The van der Waals surface area contributed by atoms with E-state index in [0.717, 1.165) is 24.8 Å². The highest BCUT2D eigenvalue weighted by Gasteiger charge is 2.20. The van der Waals surface area contributed by atoms with Crippen molar-refractivity contribution < 1.29 is 9.59 Å². The molecule has 4 heteroatoms. The minimum Gasteiger partial charge on any atom is -0.341 e. The van der Waals surface area contributed by atoms with E-state index in [4.69, 9.17) is 0 Å². The SMILES string of the molecule is CCC(NC(=O)C(=O)Nc1ccc(C(C)C)cc1)c1ccc2c(c1)CCCC2. The van der Waals surface area contributed by atoms with E-state index in [1.807, 2.05) is 31.2 Å². The van der Waals surface area contributed by atoms with E-state index in [1.54, 1.807) is 0 Å². The smallest absolute Gasteiger partial charge is 0.313 e. The number of carbonyl (C=O) groups excluding carboxylic acids is 2. The van der Waals surface area contributed by atoms with Gasteiger partial charge in [-0.15, -0.1) is 0 Å².